The number of nitrogens with zero attached hydrogens (tertiary/aromatic N) is 2. The van der Waals surface area contributed by atoms with Crippen LogP contribution in [0.15, 0.2) is 42.5 Å². The zero-order chi connectivity index (χ0) is 19.9. The van der Waals surface area contributed by atoms with Crippen molar-refractivity contribution in [3.8, 4) is 11.5 Å². The van der Waals surface area contributed by atoms with Crippen molar-refractivity contribution in [3.63, 3.8) is 0 Å². The van der Waals surface area contributed by atoms with Gasteiger partial charge in [0.05, 0.1) is 14.2 Å². The molecule has 150 valence electrons. The second-order valence-electron chi connectivity index (χ2n) is 7.08. The Kier molecular flexibility index (Phi) is 6.76. The summed E-state index contributed by atoms with van der Waals surface area (Å²) < 4.78 is 10.5. The maximum absolute atomic E-state index is 12.7. The van der Waals surface area contributed by atoms with Gasteiger partial charge in [0.1, 0.15) is 11.5 Å². The van der Waals surface area contributed by atoms with Gasteiger partial charge in [-0.05, 0) is 54.8 Å². The topological polar surface area (TPSA) is 54.0 Å². The predicted octanol–water partition coefficient (Wildman–Crippen LogP) is 3.75. The smallest absolute Gasteiger partial charge is 0.321 e. The lowest BCUT2D eigenvalue weighted by Crippen LogP contribution is -2.38. The van der Waals surface area contributed by atoms with Crippen LogP contribution in [-0.2, 0) is 6.54 Å². The zero-order valence-corrected chi connectivity index (χ0v) is 16.9. The molecule has 1 aliphatic heterocycles. The summed E-state index contributed by atoms with van der Waals surface area (Å²) in [6, 6.07) is 13.8. The van der Waals surface area contributed by atoms with Crippen molar-refractivity contribution in [1.29, 1.82) is 0 Å². The van der Waals surface area contributed by atoms with Crippen LogP contribution in [0.3, 0.4) is 0 Å². The first-order chi connectivity index (χ1) is 13.6. The van der Waals surface area contributed by atoms with Crippen molar-refractivity contribution in [3.05, 3.63) is 53.6 Å². The van der Waals surface area contributed by atoms with E-state index in [1.165, 1.54) is 5.56 Å². The van der Waals surface area contributed by atoms with Crippen LogP contribution in [0.1, 0.15) is 17.5 Å². The molecule has 6 heteroatoms. The average Bonchev–Trinajstić information content (AvgIpc) is 2.94. The summed E-state index contributed by atoms with van der Waals surface area (Å²) in [6.07, 6.45) is 0.964. The number of nitrogens with one attached hydrogen (secondary N) is 1. The van der Waals surface area contributed by atoms with Gasteiger partial charge in [0.25, 0.3) is 0 Å². The Morgan fingerprint density at radius 3 is 2.46 bits per heavy atom. The van der Waals surface area contributed by atoms with Crippen molar-refractivity contribution in [2.45, 2.75) is 19.9 Å². The molecule has 0 unspecified atom stereocenters. The largest absolute Gasteiger partial charge is 0.497 e. The second kappa shape index (κ2) is 9.46. The third-order valence-electron chi connectivity index (χ3n) is 5.09. The molecule has 2 aromatic rings. The molecular formula is C22H29N3O3. The molecule has 0 bridgehead atoms. The Labute approximate surface area is 167 Å². The Morgan fingerprint density at radius 2 is 1.79 bits per heavy atom. The summed E-state index contributed by atoms with van der Waals surface area (Å²) in [5.74, 6) is 1.69. The Morgan fingerprint density at radius 1 is 1.00 bits per heavy atom. The highest BCUT2D eigenvalue weighted by Crippen LogP contribution is 2.22. The number of urea groups is 1. The average molecular weight is 383 g/mol. The number of benzene rings is 2. The highest BCUT2D eigenvalue weighted by Gasteiger charge is 2.19. The Balaban J connectivity index is 1.53. The highest BCUT2D eigenvalue weighted by molar-refractivity contribution is 5.89. The summed E-state index contributed by atoms with van der Waals surface area (Å²) in [4.78, 5) is 17.0. The van der Waals surface area contributed by atoms with E-state index < -0.39 is 0 Å². The van der Waals surface area contributed by atoms with Crippen molar-refractivity contribution in [2.75, 3.05) is 45.7 Å². The van der Waals surface area contributed by atoms with E-state index in [0.717, 1.165) is 61.9 Å². The summed E-state index contributed by atoms with van der Waals surface area (Å²) in [6.45, 7) is 6.18. The molecule has 0 radical (unpaired) electrons. The number of carbonyl (C=O) groups excluding carboxylic acids is 1. The van der Waals surface area contributed by atoms with Gasteiger partial charge in [-0.3, -0.25) is 4.90 Å². The first-order valence-electron chi connectivity index (χ1n) is 9.65. The quantitative estimate of drug-likeness (QED) is 0.854. The van der Waals surface area contributed by atoms with Crippen molar-refractivity contribution in [2.24, 2.45) is 0 Å². The minimum Gasteiger partial charge on any atom is -0.497 e. The van der Waals surface area contributed by atoms with E-state index in [1.807, 2.05) is 42.2 Å². The van der Waals surface area contributed by atoms with Crippen LogP contribution in [0, 0.1) is 6.92 Å². The van der Waals surface area contributed by atoms with E-state index >= 15 is 0 Å². The molecule has 1 saturated heterocycles. The van der Waals surface area contributed by atoms with Gasteiger partial charge in [0, 0.05) is 38.4 Å². The SMILES string of the molecule is COc1ccc(CN2CCCN(C(=O)Nc3ccc(OC)c(C)c3)CC2)cc1. The van der Waals surface area contributed by atoms with Crippen LogP contribution in [0.4, 0.5) is 10.5 Å². The summed E-state index contributed by atoms with van der Waals surface area (Å²) in [5, 5.41) is 3.01. The lowest BCUT2D eigenvalue weighted by Gasteiger charge is -2.22. The van der Waals surface area contributed by atoms with Crippen LogP contribution in [0.2, 0.25) is 0 Å². The number of amides is 2. The molecule has 2 aromatic carbocycles. The second-order valence-corrected chi connectivity index (χ2v) is 7.08. The fourth-order valence-electron chi connectivity index (χ4n) is 3.48. The first-order valence-corrected chi connectivity index (χ1v) is 9.65. The normalized spacial score (nSPS) is 15.0. The van der Waals surface area contributed by atoms with Gasteiger partial charge in [-0.2, -0.15) is 0 Å². The summed E-state index contributed by atoms with van der Waals surface area (Å²) in [5.41, 5.74) is 3.05. The van der Waals surface area contributed by atoms with Gasteiger partial charge in [0.15, 0.2) is 0 Å². The molecule has 0 spiro atoms. The van der Waals surface area contributed by atoms with E-state index in [-0.39, 0.29) is 6.03 Å². The fourth-order valence-corrected chi connectivity index (χ4v) is 3.48. The molecule has 1 heterocycles. The number of hydrogen-bond acceptors (Lipinski definition) is 4. The lowest BCUT2D eigenvalue weighted by atomic mass is 10.2. The van der Waals surface area contributed by atoms with E-state index in [9.17, 15) is 4.79 Å². The molecule has 6 nitrogen and oxygen atoms in total. The van der Waals surface area contributed by atoms with Gasteiger partial charge in [0.2, 0.25) is 0 Å². The highest BCUT2D eigenvalue weighted by atomic mass is 16.5. The van der Waals surface area contributed by atoms with Crippen molar-refractivity contribution < 1.29 is 14.3 Å². The predicted molar refractivity (Wildman–Crippen MR) is 111 cm³/mol. The van der Waals surface area contributed by atoms with Gasteiger partial charge in [-0.1, -0.05) is 12.1 Å². The number of carbonyl (C=O) groups is 1. The number of anilines is 1. The fraction of sp³-hybridized carbons (Fsp3) is 0.409. The third kappa shape index (κ3) is 5.16. The van der Waals surface area contributed by atoms with Crippen LogP contribution in [0.25, 0.3) is 0 Å². The van der Waals surface area contributed by atoms with Crippen LogP contribution < -0.4 is 14.8 Å². The van der Waals surface area contributed by atoms with Crippen molar-refractivity contribution >= 4 is 11.7 Å². The van der Waals surface area contributed by atoms with E-state index in [1.54, 1.807) is 14.2 Å². The number of methoxy groups -OCH3 is 2. The monoisotopic (exact) mass is 383 g/mol. The van der Waals surface area contributed by atoms with Crippen LogP contribution in [0.5, 0.6) is 11.5 Å². The first kappa shape index (κ1) is 20.0. The third-order valence-corrected chi connectivity index (χ3v) is 5.09. The molecule has 3 rings (SSSR count). The number of rotatable bonds is 5. The molecule has 1 fully saturated rings. The molecule has 0 saturated carbocycles. The molecular weight excluding hydrogens is 354 g/mol. The maximum Gasteiger partial charge on any atom is 0.321 e. The van der Waals surface area contributed by atoms with Gasteiger partial charge >= 0.3 is 6.03 Å². The standard InChI is InChI=1S/C22H29N3O3/c1-17-15-19(7-10-21(17)28-3)23-22(26)25-12-4-11-24(13-14-25)16-18-5-8-20(27-2)9-6-18/h5-10,15H,4,11-14,16H2,1-3H3,(H,23,26). The zero-order valence-electron chi connectivity index (χ0n) is 16.9. The maximum atomic E-state index is 12.7. The van der Waals surface area contributed by atoms with Crippen molar-refractivity contribution in [1.82, 2.24) is 9.80 Å². The minimum absolute atomic E-state index is 0.0455. The molecule has 2 amide bonds. The molecule has 0 aliphatic carbocycles. The molecule has 28 heavy (non-hydrogen) atoms. The van der Waals surface area contributed by atoms with Gasteiger partial charge < -0.3 is 19.7 Å². The number of hydrogen-bond donors (Lipinski definition) is 1. The minimum atomic E-state index is -0.0455. The number of ether oxygens (including phenoxy) is 2. The molecule has 0 aromatic heterocycles. The molecule has 0 atom stereocenters. The molecule has 1 N–H and O–H groups in total. The van der Waals surface area contributed by atoms with Gasteiger partial charge in [-0.15, -0.1) is 0 Å². The summed E-state index contributed by atoms with van der Waals surface area (Å²) in [7, 11) is 3.33. The lowest BCUT2D eigenvalue weighted by molar-refractivity contribution is 0.211. The van der Waals surface area contributed by atoms with E-state index in [2.05, 4.69) is 22.3 Å². The van der Waals surface area contributed by atoms with Crippen LogP contribution in [-0.4, -0.2) is 56.2 Å². The Bertz CT molecular complexity index is 792. The molecule has 1 aliphatic rings. The number of aryl methyl sites for hydroxylation is 1. The van der Waals surface area contributed by atoms with Gasteiger partial charge in [-0.25, -0.2) is 4.79 Å². The van der Waals surface area contributed by atoms with Crippen LogP contribution >= 0.6 is 0 Å². The van der Waals surface area contributed by atoms with E-state index in [4.69, 9.17) is 9.47 Å². The summed E-state index contributed by atoms with van der Waals surface area (Å²) >= 11 is 0. The Hall–Kier alpha value is -2.73. The van der Waals surface area contributed by atoms with E-state index in [0.29, 0.717) is 0 Å².